The first-order valence-corrected chi connectivity index (χ1v) is 8.78. The number of nitrogens with zero attached hydrogens (tertiary/aromatic N) is 2. The second kappa shape index (κ2) is 9.56. The lowest BCUT2D eigenvalue weighted by Crippen LogP contribution is -2.11. The molecule has 3 nitrogen and oxygen atoms in total. The molecule has 0 spiro atoms. The minimum Gasteiger partial charge on any atom is -0.372 e. The van der Waals surface area contributed by atoms with Gasteiger partial charge in [-0.2, -0.15) is 5.10 Å². The number of hydrogen-bond donors (Lipinski definition) is 0. The van der Waals surface area contributed by atoms with Gasteiger partial charge in [0.15, 0.2) is 0 Å². The van der Waals surface area contributed by atoms with Gasteiger partial charge in [0.2, 0.25) is 0 Å². The fourth-order valence-electron chi connectivity index (χ4n) is 2.32. The van der Waals surface area contributed by atoms with E-state index in [0.717, 1.165) is 29.6 Å². The molecule has 116 valence electrons. The van der Waals surface area contributed by atoms with Gasteiger partial charge in [0.05, 0.1) is 28.6 Å². The summed E-state index contributed by atoms with van der Waals surface area (Å²) in [7, 11) is 0. The van der Waals surface area contributed by atoms with Gasteiger partial charge in [-0.25, -0.2) is 0 Å². The van der Waals surface area contributed by atoms with Crippen LogP contribution < -0.4 is 0 Å². The van der Waals surface area contributed by atoms with Crippen LogP contribution in [0.3, 0.4) is 0 Å². The van der Waals surface area contributed by atoms with E-state index in [1.165, 1.54) is 31.4 Å². The molecule has 0 aliphatic carbocycles. The molecule has 0 aliphatic heterocycles. The maximum atomic E-state index is 6.00. The van der Waals surface area contributed by atoms with Gasteiger partial charge in [0, 0.05) is 6.54 Å². The van der Waals surface area contributed by atoms with E-state index in [9.17, 15) is 0 Å². The Kier molecular flexibility index (Phi) is 8.46. The molecule has 0 radical (unpaired) electrons. The molecule has 1 atom stereocenters. The van der Waals surface area contributed by atoms with Gasteiger partial charge >= 0.3 is 0 Å². The number of halogens is 1. The first-order valence-electron chi connectivity index (χ1n) is 7.99. The molecule has 0 saturated carbocycles. The largest absolute Gasteiger partial charge is 0.372 e. The van der Waals surface area contributed by atoms with Crippen molar-refractivity contribution in [3.63, 3.8) is 0 Å². The molecule has 0 N–H and O–H groups in total. The van der Waals surface area contributed by atoms with Crippen molar-refractivity contribution >= 4 is 15.9 Å². The van der Waals surface area contributed by atoms with Crippen molar-refractivity contribution in [2.45, 2.75) is 85.5 Å². The van der Waals surface area contributed by atoms with Crippen LogP contribution in [-0.4, -0.2) is 15.9 Å². The Labute approximate surface area is 132 Å². The third kappa shape index (κ3) is 5.21. The van der Waals surface area contributed by atoms with Crippen molar-refractivity contribution in [3.8, 4) is 0 Å². The van der Waals surface area contributed by atoms with E-state index in [1.807, 2.05) is 4.68 Å². The van der Waals surface area contributed by atoms with Crippen LogP contribution in [0.5, 0.6) is 0 Å². The normalized spacial score (nSPS) is 12.8. The van der Waals surface area contributed by atoms with E-state index < -0.39 is 0 Å². The fourth-order valence-corrected chi connectivity index (χ4v) is 3.00. The Balaban J connectivity index is 2.46. The van der Waals surface area contributed by atoms with Crippen molar-refractivity contribution in [1.29, 1.82) is 0 Å². The summed E-state index contributed by atoms with van der Waals surface area (Å²) >= 11 is 3.66. The highest BCUT2D eigenvalue weighted by Gasteiger charge is 2.14. The lowest BCUT2D eigenvalue weighted by molar-refractivity contribution is 0.0416. The quantitative estimate of drug-likeness (QED) is 0.552. The molecule has 1 aromatic rings. The second-order valence-electron chi connectivity index (χ2n) is 5.35. The molecule has 20 heavy (non-hydrogen) atoms. The van der Waals surface area contributed by atoms with Crippen LogP contribution in [0, 0.1) is 0 Å². The highest BCUT2D eigenvalue weighted by atomic mass is 79.9. The SMILES string of the molecule is CCCCCCC(C)OCc1c(Br)c(CC)nn1CC. The smallest absolute Gasteiger partial charge is 0.0899 e. The molecular formula is C16H29BrN2O. The first-order chi connectivity index (χ1) is 9.63. The molecule has 0 bridgehead atoms. The van der Waals surface area contributed by atoms with Gasteiger partial charge in [-0.05, 0) is 42.6 Å². The summed E-state index contributed by atoms with van der Waals surface area (Å²) in [5.41, 5.74) is 2.30. The van der Waals surface area contributed by atoms with Gasteiger partial charge in [-0.15, -0.1) is 0 Å². The van der Waals surface area contributed by atoms with E-state index in [-0.39, 0.29) is 0 Å². The lowest BCUT2D eigenvalue weighted by atomic mass is 10.1. The third-order valence-corrected chi connectivity index (χ3v) is 4.58. The average Bonchev–Trinajstić information content (AvgIpc) is 2.77. The molecule has 1 rings (SSSR count). The van der Waals surface area contributed by atoms with Crippen LogP contribution in [0.4, 0.5) is 0 Å². The molecule has 1 aromatic heterocycles. The first kappa shape index (κ1) is 17.7. The van der Waals surface area contributed by atoms with Crippen LogP contribution in [0.25, 0.3) is 0 Å². The van der Waals surface area contributed by atoms with Gasteiger partial charge in [-0.1, -0.05) is 39.5 Å². The van der Waals surface area contributed by atoms with Crippen LogP contribution in [0.2, 0.25) is 0 Å². The highest BCUT2D eigenvalue weighted by Crippen LogP contribution is 2.23. The van der Waals surface area contributed by atoms with Crippen LogP contribution in [0.15, 0.2) is 4.47 Å². The van der Waals surface area contributed by atoms with E-state index in [1.54, 1.807) is 0 Å². The Morgan fingerprint density at radius 1 is 1.20 bits per heavy atom. The maximum absolute atomic E-state index is 6.00. The number of ether oxygens (including phenoxy) is 1. The van der Waals surface area contributed by atoms with Gasteiger partial charge in [-0.3, -0.25) is 4.68 Å². The Bertz CT molecular complexity index is 390. The molecule has 1 unspecified atom stereocenters. The Hall–Kier alpha value is -0.350. The maximum Gasteiger partial charge on any atom is 0.0899 e. The zero-order valence-corrected chi connectivity index (χ0v) is 15.0. The Morgan fingerprint density at radius 2 is 1.95 bits per heavy atom. The average molecular weight is 345 g/mol. The van der Waals surface area contributed by atoms with Crippen molar-refractivity contribution in [3.05, 3.63) is 15.9 Å². The molecule has 0 aromatic carbocycles. The van der Waals surface area contributed by atoms with Crippen molar-refractivity contribution < 1.29 is 4.74 Å². The standard InChI is InChI=1S/C16H29BrN2O/c1-5-8-9-10-11-13(4)20-12-15-16(17)14(6-2)18-19(15)7-3/h13H,5-12H2,1-4H3. The number of rotatable bonds is 10. The minimum absolute atomic E-state index is 0.323. The van der Waals surface area contributed by atoms with Crippen LogP contribution in [-0.2, 0) is 24.3 Å². The summed E-state index contributed by atoms with van der Waals surface area (Å²) in [6, 6.07) is 0. The zero-order chi connectivity index (χ0) is 15.0. The van der Waals surface area contributed by atoms with Crippen LogP contribution in [0.1, 0.15) is 71.2 Å². The minimum atomic E-state index is 0.323. The molecule has 0 aliphatic rings. The third-order valence-electron chi connectivity index (χ3n) is 3.66. The second-order valence-corrected chi connectivity index (χ2v) is 6.14. The predicted octanol–water partition coefficient (Wildman–Crippen LogP) is 5.10. The number of hydrogen-bond acceptors (Lipinski definition) is 2. The van der Waals surface area contributed by atoms with Crippen LogP contribution >= 0.6 is 15.9 Å². The summed E-state index contributed by atoms with van der Waals surface area (Å²) in [4.78, 5) is 0. The predicted molar refractivity (Wildman–Crippen MR) is 88.0 cm³/mol. The topological polar surface area (TPSA) is 27.1 Å². The summed E-state index contributed by atoms with van der Waals surface area (Å²) in [6.45, 7) is 10.2. The van der Waals surface area contributed by atoms with Crippen molar-refractivity contribution in [1.82, 2.24) is 9.78 Å². The lowest BCUT2D eigenvalue weighted by Gasteiger charge is -2.14. The molecule has 1 heterocycles. The van der Waals surface area contributed by atoms with Crippen molar-refractivity contribution in [2.75, 3.05) is 0 Å². The molecule has 0 saturated heterocycles. The molecule has 4 heteroatoms. The van der Waals surface area contributed by atoms with Gasteiger partial charge in [0.25, 0.3) is 0 Å². The summed E-state index contributed by atoms with van der Waals surface area (Å²) < 4.78 is 9.17. The number of aryl methyl sites for hydroxylation is 2. The summed E-state index contributed by atoms with van der Waals surface area (Å²) in [5, 5.41) is 4.60. The van der Waals surface area contributed by atoms with Crippen molar-refractivity contribution in [2.24, 2.45) is 0 Å². The number of aromatic nitrogens is 2. The van der Waals surface area contributed by atoms with Gasteiger partial charge < -0.3 is 4.74 Å². The van der Waals surface area contributed by atoms with Gasteiger partial charge in [0.1, 0.15) is 0 Å². The van der Waals surface area contributed by atoms with E-state index in [2.05, 4.69) is 48.7 Å². The van der Waals surface area contributed by atoms with E-state index in [4.69, 9.17) is 4.74 Å². The summed E-state index contributed by atoms with van der Waals surface area (Å²) in [5.74, 6) is 0. The summed E-state index contributed by atoms with van der Waals surface area (Å²) in [6.07, 6.45) is 7.64. The Morgan fingerprint density at radius 3 is 2.55 bits per heavy atom. The highest BCUT2D eigenvalue weighted by molar-refractivity contribution is 9.10. The number of unbranched alkanes of at least 4 members (excludes halogenated alkanes) is 3. The fraction of sp³-hybridized carbons (Fsp3) is 0.812. The van der Waals surface area contributed by atoms with E-state index >= 15 is 0 Å². The monoisotopic (exact) mass is 344 g/mol. The van der Waals surface area contributed by atoms with E-state index in [0.29, 0.717) is 12.7 Å². The molecule has 0 amide bonds. The zero-order valence-electron chi connectivity index (χ0n) is 13.4. The molecule has 0 fully saturated rings. The molecular weight excluding hydrogens is 316 g/mol.